The normalized spacial score (nSPS) is 17.9. The number of nitrogens with zero attached hydrogens (tertiary/aromatic N) is 3. The highest BCUT2D eigenvalue weighted by atomic mass is 16.5. The molecule has 0 spiro atoms. The van der Waals surface area contributed by atoms with E-state index in [2.05, 4.69) is 20.4 Å². The Hall–Kier alpha value is -1.95. The number of aromatic nitrogens is 3. The molecule has 0 unspecified atom stereocenters. The quantitative estimate of drug-likeness (QED) is 0.841. The summed E-state index contributed by atoms with van der Waals surface area (Å²) in [6, 6.07) is 4.60. The van der Waals surface area contributed by atoms with Crippen LogP contribution in [-0.2, 0) is 13.2 Å². The van der Waals surface area contributed by atoms with E-state index < -0.39 is 0 Å². The summed E-state index contributed by atoms with van der Waals surface area (Å²) in [4.78, 5) is 8.71. The third kappa shape index (κ3) is 3.39. The van der Waals surface area contributed by atoms with Crippen LogP contribution >= 0.6 is 0 Å². The number of rotatable bonds is 7. The first-order valence-corrected chi connectivity index (χ1v) is 7.50. The van der Waals surface area contributed by atoms with Gasteiger partial charge in [0.25, 0.3) is 5.89 Å². The summed E-state index contributed by atoms with van der Waals surface area (Å²) in [6.45, 7) is 1.11. The van der Waals surface area contributed by atoms with Crippen molar-refractivity contribution in [3.63, 3.8) is 0 Å². The van der Waals surface area contributed by atoms with Gasteiger partial charge in [-0.1, -0.05) is 5.16 Å². The van der Waals surface area contributed by atoms with E-state index in [4.69, 9.17) is 9.26 Å². The second-order valence-corrected chi connectivity index (χ2v) is 5.75. The lowest BCUT2D eigenvalue weighted by molar-refractivity contribution is 0.241. The Morgan fingerprint density at radius 3 is 2.86 bits per heavy atom. The summed E-state index contributed by atoms with van der Waals surface area (Å²) in [7, 11) is 0. The molecule has 2 aromatic rings. The Bertz CT molecular complexity index is 602. The van der Waals surface area contributed by atoms with Gasteiger partial charge in [-0.25, -0.2) is 0 Å². The van der Waals surface area contributed by atoms with Crippen LogP contribution in [0.4, 0.5) is 0 Å². The number of pyridine rings is 1. The molecule has 2 heterocycles. The summed E-state index contributed by atoms with van der Waals surface area (Å²) < 4.78 is 10.8. The maximum atomic E-state index is 5.62. The van der Waals surface area contributed by atoms with Gasteiger partial charge in [-0.3, -0.25) is 4.98 Å². The van der Waals surface area contributed by atoms with Crippen LogP contribution in [0.5, 0.6) is 5.75 Å². The van der Waals surface area contributed by atoms with E-state index in [0.717, 1.165) is 23.8 Å². The number of hydrogen-bond donors (Lipinski definition) is 1. The molecule has 0 aliphatic heterocycles. The van der Waals surface area contributed by atoms with Crippen LogP contribution in [0.1, 0.15) is 49.0 Å². The third-order valence-corrected chi connectivity index (χ3v) is 3.74. The largest absolute Gasteiger partial charge is 0.482 e. The molecule has 6 nitrogen and oxygen atoms in total. The van der Waals surface area contributed by atoms with E-state index in [0.29, 0.717) is 24.5 Å². The SMILES string of the molecule is c1cc(CNC2CC2)ncc1OCc1nc(C2CC2)no1. The van der Waals surface area contributed by atoms with Crippen molar-refractivity contribution in [2.24, 2.45) is 0 Å². The van der Waals surface area contributed by atoms with Crippen LogP contribution in [-0.4, -0.2) is 21.2 Å². The Morgan fingerprint density at radius 2 is 2.14 bits per heavy atom. The van der Waals surface area contributed by atoms with Gasteiger partial charge in [0.1, 0.15) is 5.75 Å². The lowest BCUT2D eigenvalue weighted by Gasteiger charge is -2.05. The van der Waals surface area contributed by atoms with Gasteiger partial charge in [0, 0.05) is 18.5 Å². The summed E-state index contributed by atoms with van der Waals surface area (Å²) in [5.74, 6) is 2.56. The average molecular weight is 286 g/mol. The molecule has 2 aliphatic carbocycles. The Kier molecular flexibility index (Phi) is 3.31. The molecule has 0 amide bonds. The van der Waals surface area contributed by atoms with Crippen molar-refractivity contribution in [3.05, 3.63) is 35.7 Å². The lowest BCUT2D eigenvalue weighted by atomic mass is 10.3. The standard InChI is InChI=1S/C15H18N4O2/c1-2-10(1)15-18-14(21-19-15)9-20-13-6-5-12(17-8-13)7-16-11-3-4-11/h5-6,8,10-11,16H,1-4,7,9H2. The van der Waals surface area contributed by atoms with E-state index in [1.165, 1.54) is 25.7 Å². The highest BCUT2D eigenvalue weighted by molar-refractivity contribution is 5.20. The first kappa shape index (κ1) is 12.8. The molecule has 0 atom stereocenters. The number of nitrogens with one attached hydrogen (secondary N) is 1. The molecule has 21 heavy (non-hydrogen) atoms. The third-order valence-electron chi connectivity index (χ3n) is 3.74. The summed E-state index contributed by atoms with van der Waals surface area (Å²) in [5, 5.41) is 7.39. The summed E-state index contributed by atoms with van der Waals surface area (Å²) in [5.41, 5.74) is 1.03. The minimum Gasteiger partial charge on any atom is -0.482 e. The topological polar surface area (TPSA) is 73.1 Å². The van der Waals surface area contributed by atoms with Gasteiger partial charge in [-0.15, -0.1) is 0 Å². The Balaban J connectivity index is 1.28. The van der Waals surface area contributed by atoms with Crippen molar-refractivity contribution in [2.75, 3.05) is 0 Å². The maximum absolute atomic E-state index is 5.62. The first-order valence-electron chi connectivity index (χ1n) is 7.50. The lowest BCUT2D eigenvalue weighted by Crippen LogP contribution is -2.16. The second kappa shape index (κ2) is 5.44. The highest BCUT2D eigenvalue weighted by Gasteiger charge is 2.28. The number of hydrogen-bond acceptors (Lipinski definition) is 6. The smallest absolute Gasteiger partial charge is 0.264 e. The molecule has 4 rings (SSSR count). The molecule has 0 saturated heterocycles. The molecule has 2 aliphatic rings. The van der Waals surface area contributed by atoms with Crippen LogP contribution in [0.15, 0.2) is 22.9 Å². The fourth-order valence-corrected chi connectivity index (χ4v) is 2.12. The predicted molar refractivity (Wildman–Crippen MR) is 74.7 cm³/mol. The fraction of sp³-hybridized carbons (Fsp3) is 0.533. The molecule has 110 valence electrons. The van der Waals surface area contributed by atoms with Crippen molar-refractivity contribution >= 4 is 0 Å². The van der Waals surface area contributed by atoms with Crippen LogP contribution in [0.25, 0.3) is 0 Å². The molecular weight excluding hydrogens is 268 g/mol. The minimum absolute atomic E-state index is 0.293. The zero-order chi connectivity index (χ0) is 14.1. The molecule has 0 bridgehead atoms. The zero-order valence-electron chi connectivity index (χ0n) is 11.8. The number of ether oxygens (including phenoxy) is 1. The van der Waals surface area contributed by atoms with Crippen molar-refractivity contribution in [1.82, 2.24) is 20.4 Å². The molecule has 2 fully saturated rings. The Labute approximate surface area is 122 Å². The molecule has 0 aromatic carbocycles. The summed E-state index contributed by atoms with van der Waals surface area (Å²) >= 11 is 0. The molecule has 2 saturated carbocycles. The predicted octanol–water partition coefficient (Wildman–Crippen LogP) is 2.17. The van der Waals surface area contributed by atoms with E-state index in [1.807, 2.05) is 12.1 Å². The molecule has 6 heteroatoms. The van der Waals surface area contributed by atoms with Gasteiger partial charge >= 0.3 is 0 Å². The average Bonchev–Trinajstić information content (AvgIpc) is 3.44. The monoisotopic (exact) mass is 286 g/mol. The summed E-state index contributed by atoms with van der Waals surface area (Å²) in [6.07, 6.45) is 6.64. The maximum Gasteiger partial charge on any atom is 0.264 e. The van der Waals surface area contributed by atoms with Gasteiger partial charge in [-0.2, -0.15) is 4.98 Å². The molecule has 2 aromatic heterocycles. The zero-order valence-corrected chi connectivity index (χ0v) is 11.8. The first-order chi connectivity index (χ1) is 10.4. The highest BCUT2D eigenvalue weighted by Crippen LogP contribution is 2.38. The van der Waals surface area contributed by atoms with E-state index in [9.17, 15) is 0 Å². The van der Waals surface area contributed by atoms with Crippen LogP contribution in [0.3, 0.4) is 0 Å². The van der Waals surface area contributed by atoms with Gasteiger partial charge in [0.05, 0.1) is 11.9 Å². The molecule has 0 radical (unpaired) electrons. The second-order valence-electron chi connectivity index (χ2n) is 5.75. The van der Waals surface area contributed by atoms with Crippen molar-refractivity contribution in [3.8, 4) is 5.75 Å². The Morgan fingerprint density at radius 1 is 1.24 bits per heavy atom. The van der Waals surface area contributed by atoms with Gasteiger partial charge in [-0.05, 0) is 37.8 Å². The molecular formula is C15H18N4O2. The van der Waals surface area contributed by atoms with Crippen LogP contribution in [0, 0.1) is 0 Å². The van der Waals surface area contributed by atoms with Gasteiger partial charge < -0.3 is 14.6 Å². The fourth-order valence-electron chi connectivity index (χ4n) is 2.12. The van der Waals surface area contributed by atoms with Crippen molar-refractivity contribution < 1.29 is 9.26 Å². The van der Waals surface area contributed by atoms with Crippen LogP contribution in [0.2, 0.25) is 0 Å². The minimum atomic E-state index is 0.293. The molecule has 1 N–H and O–H groups in total. The van der Waals surface area contributed by atoms with Crippen molar-refractivity contribution in [1.29, 1.82) is 0 Å². The van der Waals surface area contributed by atoms with Crippen LogP contribution < -0.4 is 10.1 Å². The van der Waals surface area contributed by atoms with E-state index in [-0.39, 0.29) is 0 Å². The van der Waals surface area contributed by atoms with Gasteiger partial charge in [0.15, 0.2) is 12.4 Å². The van der Waals surface area contributed by atoms with E-state index >= 15 is 0 Å². The van der Waals surface area contributed by atoms with Crippen molar-refractivity contribution in [2.45, 2.75) is 50.8 Å². The van der Waals surface area contributed by atoms with Gasteiger partial charge in [0.2, 0.25) is 0 Å². The van der Waals surface area contributed by atoms with E-state index in [1.54, 1.807) is 6.20 Å².